The largest absolute Gasteiger partial charge is 0.481 e. The molecule has 1 aliphatic rings. The molecular weight excluding hydrogens is 488 g/mol. The summed E-state index contributed by atoms with van der Waals surface area (Å²) in [6.07, 6.45) is 4.66. The van der Waals surface area contributed by atoms with E-state index >= 15 is 0 Å². The lowest BCUT2D eigenvalue weighted by atomic mass is 9.93. The van der Waals surface area contributed by atoms with Crippen molar-refractivity contribution in [1.29, 1.82) is 0 Å². The Morgan fingerprint density at radius 2 is 1.54 bits per heavy atom. The highest BCUT2D eigenvalue weighted by Crippen LogP contribution is 2.48. The van der Waals surface area contributed by atoms with E-state index in [0.29, 0.717) is 35.4 Å². The van der Waals surface area contributed by atoms with Crippen LogP contribution in [0.2, 0.25) is 0 Å². The summed E-state index contributed by atoms with van der Waals surface area (Å²) < 4.78 is 5.69. The first-order valence-electron chi connectivity index (χ1n) is 13.0. The molecule has 39 heavy (non-hydrogen) atoms. The minimum absolute atomic E-state index is 0.521. The molecule has 3 aromatic carbocycles. The smallest absolute Gasteiger partial charge is 0.314 e. The van der Waals surface area contributed by atoms with Crippen LogP contribution in [0, 0.1) is 6.92 Å². The lowest BCUT2D eigenvalue weighted by Gasteiger charge is -2.13. The van der Waals surface area contributed by atoms with E-state index in [-0.39, 0.29) is 0 Å². The van der Waals surface area contributed by atoms with Gasteiger partial charge in [0.25, 0.3) is 0 Å². The maximum atomic E-state index is 11.6. The summed E-state index contributed by atoms with van der Waals surface area (Å²) in [5, 5.41) is 25.1. The molecule has 0 bridgehead atoms. The number of aryl methyl sites for hydroxylation is 1. The summed E-state index contributed by atoms with van der Waals surface area (Å²) in [5.74, 6) is -0.230. The average Bonchev–Trinajstić information content (AvgIpc) is 3.70. The lowest BCUT2D eigenvalue weighted by molar-refractivity contribution is -0.140. The third-order valence-electron chi connectivity index (χ3n) is 7.64. The highest BCUT2D eigenvalue weighted by Gasteiger charge is 2.51. The minimum atomic E-state index is -0.939. The van der Waals surface area contributed by atoms with Gasteiger partial charge in [-0.1, -0.05) is 84.0 Å². The zero-order valence-corrected chi connectivity index (χ0v) is 21.5. The van der Waals surface area contributed by atoms with Crippen LogP contribution in [-0.2, 0) is 16.6 Å². The molecule has 6 nitrogen and oxygen atoms in total. The Balaban J connectivity index is 1.24. The Hall–Kier alpha value is -4.55. The molecule has 1 unspecified atom stereocenters. The second kappa shape index (κ2) is 9.97. The summed E-state index contributed by atoms with van der Waals surface area (Å²) in [6.45, 7) is 1.83. The fourth-order valence-corrected chi connectivity index (χ4v) is 5.21. The predicted molar refractivity (Wildman–Crippen MR) is 148 cm³/mol. The molecule has 194 valence electrons. The van der Waals surface area contributed by atoms with Crippen LogP contribution >= 0.6 is 0 Å². The zero-order valence-electron chi connectivity index (χ0n) is 21.5. The minimum Gasteiger partial charge on any atom is -0.481 e. The summed E-state index contributed by atoms with van der Waals surface area (Å²) in [6, 6.07) is 27.8. The van der Waals surface area contributed by atoms with Crippen LogP contribution in [0.15, 0.2) is 102 Å². The van der Waals surface area contributed by atoms with E-state index in [0.717, 1.165) is 34.2 Å². The molecule has 1 atom stereocenters. The van der Waals surface area contributed by atoms with Crippen molar-refractivity contribution in [1.82, 2.24) is 10.1 Å². The van der Waals surface area contributed by atoms with E-state index in [4.69, 9.17) is 4.52 Å². The Morgan fingerprint density at radius 3 is 2.18 bits per heavy atom. The van der Waals surface area contributed by atoms with E-state index in [1.807, 2.05) is 85.9 Å². The first kappa shape index (κ1) is 24.8. The van der Waals surface area contributed by atoms with Crippen molar-refractivity contribution in [2.45, 2.75) is 37.7 Å². The van der Waals surface area contributed by atoms with Crippen LogP contribution < -0.4 is 0 Å². The molecule has 0 spiro atoms. The SMILES string of the molecule is Cc1noc(-c2ccc(-c3ccc(C4(C(=O)O)CC4)cc3)cc2)c1C(O)c1cncc(Cc2ccccc2)c1. The van der Waals surface area contributed by atoms with E-state index in [1.165, 1.54) is 5.56 Å². The van der Waals surface area contributed by atoms with E-state index in [1.54, 1.807) is 6.20 Å². The second-order valence-corrected chi connectivity index (χ2v) is 10.2. The van der Waals surface area contributed by atoms with Crippen molar-refractivity contribution < 1.29 is 19.5 Å². The maximum Gasteiger partial charge on any atom is 0.314 e. The van der Waals surface area contributed by atoms with Gasteiger partial charge in [-0.2, -0.15) is 0 Å². The molecule has 2 aromatic heterocycles. The van der Waals surface area contributed by atoms with Crippen LogP contribution in [-0.4, -0.2) is 26.3 Å². The third kappa shape index (κ3) is 4.75. The van der Waals surface area contributed by atoms with Crippen molar-refractivity contribution in [3.8, 4) is 22.5 Å². The molecule has 1 saturated carbocycles. The van der Waals surface area contributed by atoms with Gasteiger partial charge in [-0.15, -0.1) is 0 Å². The number of aliphatic carboxylic acids is 1. The Labute approximate surface area is 226 Å². The van der Waals surface area contributed by atoms with Gasteiger partial charge in [-0.05, 0) is 60.1 Å². The highest BCUT2D eigenvalue weighted by atomic mass is 16.5. The Bertz CT molecular complexity index is 1620. The van der Waals surface area contributed by atoms with Crippen LogP contribution in [0.25, 0.3) is 22.5 Å². The number of aliphatic hydroxyl groups is 1. The molecule has 6 heteroatoms. The fraction of sp³-hybridized carbons (Fsp3) is 0.182. The molecule has 5 aromatic rings. The number of carbonyl (C=O) groups is 1. The van der Waals surface area contributed by atoms with Gasteiger partial charge in [0.1, 0.15) is 6.10 Å². The van der Waals surface area contributed by atoms with Crippen molar-refractivity contribution >= 4 is 5.97 Å². The van der Waals surface area contributed by atoms with E-state index in [2.05, 4.69) is 22.3 Å². The molecule has 6 rings (SSSR count). The first-order valence-corrected chi connectivity index (χ1v) is 13.0. The molecule has 0 radical (unpaired) electrons. The summed E-state index contributed by atoms with van der Waals surface area (Å²) >= 11 is 0. The number of hydrogen-bond donors (Lipinski definition) is 2. The van der Waals surface area contributed by atoms with Crippen molar-refractivity contribution in [3.63, 3.8) is 0 Å². The van der Waals surface area contributed by atoms with E-state index in [9.17, 15) is 15.0 Å². The van der Waals surface area contributed by atoms with Gasteiger partial charge in [-0.25, -0.2) is 0 Å². The van der Waals surface area contributed by atoms with Gasteiger partial charge < -0.3 is 14.7 Å². The monoisotopic (exact) mass is 516 g/mol. The number of nitrogens with zero attached hydrogens (tertiary/aromatic N) is 2. The maximum absolute atomic E-state index is 11.6. The first-order chi connectivity index (χ1) is 18.9. The van der Waals surface area contributed by atoms with Gasteiger partial charge in [0.15, 0.2) is 5.76 Å². The van der Waals surface area contributed by atoms with Gasteiger partial charge >= 0.3 is 5.97 Å². The number of aliphatic hydroxyl groups excluding tert-OH is 1. The highest BCUT2D eigenvalue weighted by molar-refractivity contribution is 5.85. The van der Waals surface area contributed by atoms with Crippen LogP contribution in [0.5, 0.6) is 0 Å². The van der Waals surface area contributed by atoms with Crippen LogP contribution in [0.1, 0.15) is 52.5 Å². The van der Waals surface area contributed by atoms with Gasteiger partial charge in [-0.3, -0.25) is 9.78 Å². The van der Waals surface area contributed by atoms with Crippen LogP contribution in [0.4, 0.5) is 0 Å². The predicted octanol–water partition coefficient (Wildman–Crippen LogP) is 6.50. The lowest BCUT2D eigenvalue weighted by Crippen LogP contribution is -2.19. The van der Waals surface area contributed by atoms with Crippen molar-refractivity contribution in [2.24, 2.45) is 0 Å². The number of carboxylic acid groups (broad SMARTS) is 1. The zero-order chi connectivity index (χ0) is 27.0. The molecular formula is C33H28N2O4. The van der Waals surface area contributed by atoms with Crippen molar-refractivity contribution in [3.05, 3.63) is 131 Å². The molecule has 2 heterocycles. The fourth-order valence-electron chi connectivity index (χ4n) is 5.21. The quantitative estimate of drug-likeness (QED) is 0.244. The molecule has 0 saturated heterocycles. The summed E-state index contributed by atoms with van der Waals surface area (Å²) in [7, 11) is 0. The number of rotatable bonds is 8. The molecule has 0 aliphatic heterocycles. The number of pyridine rings is 1. The Kier molecular flexibility index (Phi) is 6.33. The molecule has 0 amide bonds. The molecule has 2 N–H and O–H groups in total. The summed E-state index contributed by atoms with van der Waals surface area (Å²) in [4.78, 5) is 16.0. The van der Waals surface area contributed by atoms with Gasteiger partial charge in [0, 0.05) is 23.5 Å². The van der Waals surface area contributed by atoms with Gasteiger partial charge in [0.2, 0.25) is 0 Å². The van der Waals surface area contributed by atoms with Crippen LogP contribution in [0.3, 0.4) is 0 Å². The number of benzene rings is 3. The normalized spacial score (nSPS) is 14.6. The van der Waals surface area contributed by atoms with Gasteiger partial charge in [0.05, 0.1) is 16.7 Å². The van der Waals surface area contributed by atoms with E-state index < -0.39 is 17.5 Å². The number of carboxylic acids is 1. The summed E-state index contributed by atoms with van der Waals surface area (Å²) in [5.41, 5.74) is 7.07. The average molecular weight is 517 g/mol. The topological polar surface area (TPSA) is 96.5 Å². The molecule has 1 aliphatic carbocycles. The molecule has 1 fully saturated rings. The van der Waals surface area contributed by atoms with Crippen molar-refractivity contribution in [2.75, 3.05) is 0 Å². The standard InChI is InChI=1S/C33H28N2O4/c1-21-29(30(36)27-18-23(19-34-20-27)17-22-5-3-2-4-6-22)31(39-35-21)26-9-7-24(8-10-26)25-11-13-28(14-12-25)33(15-16-33)32(37)38/h2-14,18-20,30,36H,15-17H2,1H3,(H,37,38). The third-order valence-corrected chi connectivity index (χ3v) is 7.64. The Morgan fingerprint density at radius 1 is 0.897 bits per heavy atom. The number of hydrogen-bond acceptors (Lipinski definition) is 5. The second-order valence-electron chi connectivity index (χ2n) is 10.2. The number of aromatic nitrogens is 2.